The number of aliphatic carboxylic acids is 1. The van der Waals surface area contributed by atoms with Gasteiger partial charge >= 0.3 is 5.97 Å². The second-order valence-electron chi connectivity index (χ2n) is 3.19. The first kappa shape index (κ1) is 8.69. The maximum Gasteiger partial charge on any atom is 0.307 e. The van der Waals surface area contributed by atoms with Crippen molar-refractivity contribution in [3.8, 4) is 0 Å². The molecule has 13 heavy (non-hydrogen) atoms. The average Bonchev–Trinajstić information content (AvgIpc) is 2.85. The lowest BCUT2D eigenvalue weighted by molar-refractivity contribution is -0.138. The maximum absolute atomic E-state index is 10.6. The zero-order chi connectivity index (χ0) is 9.42. The van der Waals surface area contributed by atoms with Crippen molar-refractivity contribution in [2.75, 3.05) is 0 Å². The molecule has 1 saturated carbocycles. The lowest BCUT2D eigenvalue weighted by Gasteiger charge is -1.96. The number of rotatable bonds is 2. The third-order valence-corrected chi connectivity index (χ3v) is 2.71. The van der Waals surface area contributed by atoms with Crippen LogP contribution in [0.15, 0.2) is 22.8 Å². The fourth-order valence-corrected chi connectivity index (χ4v) is 1.64. The van der Waals surface area contributed by atoms with E-state index in [1.807, 2.05) is 12.1 Å². The van der Waals surface area contributed by atoms with Crippen LogP contribution >= 0.6 is 15.9 Å². The third kappa shape index (κ3) is 1.72. The fraction of sp³-hybridized carbons (Fsp3) is 0.333. The monoisotopic (exact) mass is 241 g/mol. The minimum atomic E-state index is -0.713. The zero-order valence-corrected chi connectivity index (χ0v) is 8.36. The maximum atomic E-state index is 10.6. The van der Waals surface area contributed by atoms with Gasteiger partial charge in [0.25, 0.3) is 0 Å². The third-order valence-electron chi connectivity index (χ3n) is 2.24. The number of nitrogens with zero attached hydrogens (tertiary/aromatic N) is 1. The van der Waals surface area contributed by atoms with E-state index in [4.69, 9.17) is 5.11 Å². The molecular formula is C9H8BrNO2. The van der Waals surface area contributed by atoms with Crippen LogP contribution in [-0.4, -0.2) is 16.1 Å². The van der Waals surface area contributed by atoms with Gasteiger partial charge in [0.05, 0.1) is 5.92 Å². The molecule has 1 fully saturated rings. The minimum absolute atomic E-state index is 0.130. The van der Waals surface area contributed by atoms with Crippen LogP contribution in [0.3, 0.4) is 0 Å². The van der Waals surface area contributed by atoms with Crippen molar-refractivity contribution in [2.45, 2.75) is 12.3 Å². The Kier molecular flexibility index (Phi) is 2.07. The first-order valence-electron chi connectivity index (χ1n) is 4.03. The summed E-state index contributed by atoms with van der Waals surface area (Å²) in [7, 11) is 0. The molecule has 1 aromatic heterocycles. The molecule has 1 aliphatic carbocycles. The van der Waals surface area contributed by atoms with Crippen molar-refractivity contribution >= 4 is 21.9 Å². The SMILES string of the molecule is O=C(O)[C@H]1C[C@@H]1c1ccc(Br)cn1. The summed E-state index contributed by atoms with van der Waals surface area (Å²) in [6, 6.07) is 3.76. The highest BCUT2D eigenvalue weighted by Crippen LogP contribution is 2.46. The number of hydrogen-bond acceptors (Lipinski definition) is 2. The van der Waals surface area contributed by atoms with Gasteiger partial charge in [0.2, 0.25) is 0 Å². The van der Waals surface area contributed by atoms with Gasteiger partial charge in [-0.15, -0.1) is 0 Å². The molecule has 1 aliphatic rings. The molecule has 0 saturated heterocycles. The molecule has 0 aromatic carbocycles. The zero-order valence-electron chi connectivity index (χ0n) is 6.77. The first-order valence-corrected chi connectivity index (χ1v) is 4.82. The summed E-state index contributed by atoms with van der Waals surface area (Å²) in [5.41, 5.74) is 0.885. The van der Waals surface area contributed by atoms with Gasteiger partial charge in [0, 0.05) is 22.3 Å². The van der Waals surface area contributed by atoms with Crippen LogP contribution in [0.4, 0.5) is 0 Å². The fourth-order valence-electron chi connectivity index (χ4n) is 1.40. The van der Waals surface area contributed by atoms with Gasteiger partial charge in [-0.2, -0.15) is 0 Å². The Morgan fingerprint density at radius 1 is 1.62 bits per heavy atom. The quantitative estimate of drug-likeness (QED) is 0.863. The summed E-state index contributed by atoms with van der Waals surface area (Å²) in [5.74, 6) is -0.797. The summed E-state index contributed by atoms with van der Waals surface area (Å²) in [6.07, 6.45) is 2.43. The largest absolute Gasteiger partial charge is 0.481 e. The number of carbonyl (C=O) groups is 1. The molecule has 4 heteroatoms. The summed E-state index contributed by atoms with van der Waals surface area (Å²) >= 11 is 3.28. The molecule has 0 radical (unpaired) electrons. The average molecular weight is 242 g/mol. The lowest BCUT2D eigenvalue weighted by Crippen LogP contribution is -1.99. The van der Waals surface area contributed by atoms with Crippen molar-refractivity contribution < 1.29 is 9.90 Å². The molecule has 0 unspecified atom stereocenters. The second kappa shape index (κ2) is 3.10. The van der Waals surface area contributed by atoms with E-state index in [1.54, 1.807) is 6.20 Å². The molecule has 0 spiro atoms. The second-order valence-corrected chi connectivity index (χ2v) is 4.10. The summed E-state index contributed by atoms with van der Waals surface area (Å²) in [6.45, 7) is 0. The van der Waals surface area contributed by atoms with Crippen molar-refractivity contribution in [2.24, 2.45) is 5.92 Å². The van der Waals surface area contributed by atoms with Gasteiger partial charge in [0.1, 0.15) is 0 Å². The van der Waals surface area contributed by atoms with E-state index in [1.165, 1.54) is 0 Å². The summed E-state index contributed by atoms with van der Waals surface area (Å²) in [5, 5.41) is 8.70. The predicted molar refractivity (Wildman–Crippen MR) is 50.4 cm³/mol. The minimum Gasteiger partial charge on any atom is -0.481 e. The molecule has 1 aromatic rings. The molecule has 68 valence electrons. The van der Waals surface area contributed by atoms with Crippen molar-refractivity contribution in [1.29, 1.82) is 0 Å². The normalized spacial score (nSPS) is 25.6. The molecule has 2 atom stereocenters. The Labute approximate surface area is 83.9 Å². The smallest absolute Gasteiger partial charge is 0.307 e. The Balaban J connectivity index is 2.12. The number of pyridine rings is 1. The van der Waals surface area contributed by atoms with E-state index < -0.39 is 5.97 Å². The highest BCUT2D eigenvalue weighted by molar-refractivity contribution is 9.10. The van der Waals surface area contributed by atoms with E-state index in [2.05, 4.69) is 20.9 Å². The standard InChI is InChI=1S/C9H8BrNO2/c10-5-1-2-8(11-4-5)6-3-7(6)9(12)13/h1-2,4,6-7H,3H2,(H,12,13)/t6-,7-/m0/s1. The number of aromatic nitrogens is 1. The van der Waals surface area contributed by atoms with Crippen LogP contribution in [0.5, 0.6) is 0 Å². The Morgan fingerprint density at radius 2 is 2.38 bits per heavy atom. The van der Waals surface area contributed by atoms with Crippen LogP contribution in [0, 0.1) is 5.92 Å². The highest BCUT2D eigenvalue weighted by atomic mass is 79.9. The van der Waals surface area contributed by atoms with Crippen LogP contribution in [0.1, 0.15) is 18.0 Å². The van der Waals surface area contributed by atoms with Crippen LogP contribution < -0.4 is 0 Å². The van der Waals surface area contributed by atoms with Crippen molar-refractivity contribution in [3.63, 3.8) is 0 Å². The lowest BCUT2D eigenvalue weighted by atomic mass is 10.2. The molecule has 3 nitrogen and oxygen atoms in total. The van der Waals surface area contributed by atoms with E-state index in [9.17, 15) is 4.79 Å². The highest BCUT2D eigenvalue weighted by Gasteiger charge is 2.44. The van der Waals surface area contributed by atoms with Gasteiger partial charge in [-0.05, 0) is 34.5 Å². The van der Waals surface area contributed by atoms with E-state index >= 15 is 0 Å². The Morgan fingerprint density at radius 3 is 2.85 bits per heavy atom. The van der Waals surface area contributed by atoms with Crippen molar-refractivity contribution in [3.05, 3.63) is 28.5 Å². The van der Waals surface area contributed by atoms with Crippen LogP contribution in [0.25, 0.3) is 0 Å². The van der Waals surface area contributed by atoms with Crippen LogP contribution in [-0.2, 0) is 4.79 Å². The van der Waals surface area contributed by atoms with Gasteiger partial charge in [-0.25, -0.2) is 0 Å². The number of halogens is 1. The van der Waals surface area contributed by atoms with Crippen molar-refractivity contribution in [1.82, 2.24) is 4.98 Å². The molecule has 1 heterocycles. The van der Waals surface area contributed by atoms with Gasteiger partial charge in [0.15, 0.2) is 0 Å². The Hall–Kier alpha value is -0.900. The molecule has 0 bridgehead atoms. The van der Waals surface area contributed by atoms with E-state index in [-0.39, 0.29) is 11.8 Å². The number of carboxylic acid groups (broad SMARTS) is 1. The summed E-state index contributed by atoms with van der Waals surface area (Å²) in [4.78, 5) is 14.7. The number of carboxylic acids is 1. The van der Waals surface area contributed by atoms with E-state index in [0.717, 1.165) is 16.6 Å². The van der Waals surface area contributed by atoms with Gasteiger partial charge in [-0.1, -0.05) is 0 Å². The topological polar surface area (TPSA) is 50.2 Å². The summed E-state index contributed by atoms with van der Waals surface area (Å²) < 4.78 is 0.920. The molecular weight excluding hydrogens is 234 g/mol. The molecule has 0 aliphatic heterocycles. The number of hydrogen-bond donors (Lipinski definition) is 1. The first-order chi connectivity index (χ1) is 6.18. The predicted octanol–water partition coefficient (Wildman–Crippen LogP) is 2.03. The molecule has 2 rings (SSSR count). The van der Waals surface area contributed by atoms with Crippen LogP contribution in [0.2, 0.25) is 0 Å². The van der Waals surface area contributed by atoms with Gasteiger partial charge < -0.3 is 5.11 Å². The van der Waals surface area contributed by atoms with Gasteiger partial charge in [-0.3, -0.25) is 9.78 Å². The molecule has 1 N–H and O–H groups in total. The van der Waals surface area contributed by atoms with E-state index in [0.29, 0.717) is 0 Å². The Bertz CT molecular complexity index is 336. The molecule has 0 amide bonds.